The van der Waals surface area contributed by atoms with Crippen LogP contribution in [0.1, 0.15) is 19.8 Å². The van der Waals surface area contributed by atoms with Crippen molar-refractivity contribution < 1.29 is 5.11 Å². The molecule has 1 aliphatic carbocycles. The van der Waals surface area contributed by atoms with E-state index >= 15 is 0 Å². The van der Waals surface area contributed by atoms with Crippen LogP contribution in [0.15, 0.2) is 42.7 Å². The first-order valence-corrected chi connectivity index (χ1v) is 9.31. The van der Waals surface area contributed by atoms with E-state index in [-0.39, 0.29) is 6.04 Å². The Morgan fingerprint density at radius 2 is 2.00 bits per heavy atom. The molecule has 0 amide bonds. The number of nitrogens with zero attached hydrogens (tertiary/aromatic N) is 5. The Labute approximate surface area is 161 Å². The second-order valence-electron chi connectivity index (χ2n) is 7.54. The third-order valence-corrected chi connectivity index (χ3v) is 5.19. The highest BCUT2D eigenvalue weighted by atomic mass is 16.3. The number of aromatic nitrogens is 5. The van der Waals surface area contributed by atoms with E-state index in [2.05, 4.69) is 25.7 Å². The van der Waals surface area contributed by atoms with Gasteiger partial charge in [-0.2, -0.15) is 4.98 Å². The van der Waals surface area contributed by atoms with Crippen molar-refractivity contribution in [3.05, 3.63) is 42.7 Å². The molecule has 0 saturated heterocycles. The van der Waals surface area contributed by atoms with Gasteiger partial charge in [-0.3, -0.25) is 4.98 Å². The first kappa shape index (κ1) is 16.9. The lowest BCUT2D eigenvalue weighted by atomic mass is 9.77. The zero-order valence-corrected chi connectivity index (χ0v) is 15.7. The molecular formula is C20H21N7O. The summed E-state index contributed by atoms with van der Waals surface area (Å²) in [5, 5.41) is 21.0. The van der Waals surface area contributed by atoms with Crippen molar-refractivity contribution in [3.8, 4) is 11.3 Å². The minimum absolute atomic E-state index is 0.182. The first-order chi connectivity index (χ1) is 13.5. The van der Waals surface area contributed by atoms with Gasteiger partial charge in [-0.25, -0.2) is 9.50 Å². The number of aliphatic hydroxyl groups is 1. The quantitative estimate of drug-likeness (QED) is 0.504. The Kier molecular flexibility index (Phi) is 3.70. The molecule has 0 atom stereocenters. The average Bonchev–Trinajstić information content (AvgIpc) is 3.09. The number of rotatable bonds is 4. The summed E-state index contributed by atoms with van der Waals surface area (Å²) in [7, 11) is 1.84. The number of hydrogen-bond acceptors (Lipinski definition) is 7. The first-order valence-electron chi connectivity index (χ1n) is 9.31. The summed E-state index contributed by atoms with van der Waals surface area (Å²) < 4.78 is 1.81. The predicted molar refractivity (Wildman–Crippen MR) is 108 cm³/mol. The lowest BCUT2D eigenvalue weighted by molar-refractivity contribution is -0.0236. The van der Waals surface area contributed by atoms with Gasteiger partial charge in [0.1, 0.15) is 5.52 Å². The minimum Gasteiger partial charge on any atom is -0.390 e. The molecule has 0 aromatic carbocycles. The Hall–Kier alpha value is -3.26. The van der Waals surface area contributed by atoms with Crippen LogP contribution in [0, 0.1) is 0 Å². The fraction of sp³-hybridized carbons (Fsp3) is 0.300. The van der Waals surface area contributed by atoms with Crippen LogP contribution < -0.4 is 10.6 Å². The van der Waals surface area contributed by atoms with Crippen molar-refractivity contribution in [2.45, 2.75) is 31.4 Å². The molecule has 28 heavy (non-hydrogen) atoms. The molecule has 1 saturated carbocycles. The van der Waals surface area contributed by atoms with Gasteiger partial charge in [-0.15, -0.1) is 5.10 Å². The molecule has 3 N–H and O–H groups in total. The maximum atomic E-state index is 9.93. The number of anilines is 2. The van der Waals surface area contributed by atoms with E-state index in [0.29, 0.717) is 18.8 Å². The highest BCUT2D eigenvalue weighted by Gasteiger charge is 2.38. The summed E-state index contributed by atoms with van der Waals surface area (Å²) in [5.41, 5.74) is 3.78. The van der Waals surface area contributed by atoms with Gasteiger partial charge in [0.15, 0.2) is 5.82 Å². The van der Waals surface area contributed by atoms with E-state index < -0.39 is 5.60 Å². The van der Waals surface area contributed by atoms with Crippen LogP contribution in [0.3, 0.4) is 0 Å². The topological polar surface area (TPSA) is 100 Å². The highest BCUT2D eigenvalue weighted by molar-refractivity contribution is 5.89. The molecule has 0 unspecified atom stereocenters. The molecule has 0 aliphatic heterocycles. The second-order valence-corrected chi connectivity index (χ2v) is 7.54. The lowest BCUT2D eigenvalue weighted by Crippen LogP contribution is -2.48. The molecule has 142 valence electrons. The van der Waals surface area contributed by atoms with Crippen LogP contribution in [-0.2, 0) is 0 Å². The third kappa shape index (κ3) is 2.82. The van der Waals surface area contributed by atoms with Gasteiger partial charge in [-0.05, 0) is 50.1 Å². The number of fused-ring (bicyclic) bond motifs is 2. The van der Waals surface area contributed by atoms with Crippen LogP contribution in [0.25, 0.3) is 27.8 Å². The van der Waals surface area contributed by atoms with E-state index in [0.717, 1.165) is 33.6 Å². The molecule has 4 heterocycles. The van der Waals surface area contributed by atoms with Gasteiger partial charge in [0, 0.05) is 31.0 Å². The largest absolute Gasteiger partial charge is 0.390 e. The van der Waals surface area contributed by atoms with Crippen molar-refractivity contribution in [3.63, 3.8) is 0 Å². The summed E-state index contributed by atoms with van der Waals surface area (Å²) in [4.78, 5) is 13.7. The summed E-state index contributed by atoms with van der Waals surface area (Å²) in [6.45, 7) is 1.85. The summed E-state index contributed by atoms with van der Waals surface area (Å²) in [5.74, 6) is 1.26. The monoisotopic (exact) mass is 375 g/mol. The fourth-order valence-electron chi connectivity index (χ4n) is 3.86. The third-order valence-electron chi connectivity index (χ3n) is 5.19. The Balaban J connectivity index is 1.55. The van der Waals surface area contributed by atoms with Crippen LogP contribution in [0.4, 0.5) is 11.8 Å². The molecule has 1 aliphatic rings. The van der Waals surface area contributed by atoms with E-state index in [1.165, 1.54) is 0 Å². The SMILES string of the molecule is CNc1nc(NC2CC(C)(O)C2)nn2ccc(-c3ccc4ncccc4n3)c12. The summed E-state index contributed by atoms with van der Waals surface area (Å²) in [6, 6.07) is 9.95. The van der Waals surface area contributed by atoms with Crippen LogP contribution in [-0.4, -0.2) is 48.4 Å². The fourth-order valence-corrected chi connectivity index (χ4v) is 3.86. The van der Waals surface area contributed by atoms with Gasteiger partial charge in [-0.1, -0.05) is 0 Å². The lowest BCUT2D eigenvalue weighted by Gasteiger charge is -2.41. The van der Waals surface area contributed by atoms with Gasteiger partial charge in [0.2, 0.25) is 5.95 Å². The summed E-state index contributed by atoms with van der Waals surface area (Å²) in [6.07, 6.45) is 5.05. The maximum absolute atomic E-state index is 9.93. The van der Waals surface area contributed by atoms with Crippen molar-refractivity contribution in [2.75, 3.05) is 17.7 Å². The van der Waals surface area contributed by atoms with Gasteiger partial charge < -0.3 is 15.7 Å². The number of nitrogens with one attached hydrogen (secondary N) is 2. The molecule has 1 fully saturated rings. The van der Waals surface area contributed by atoms with Crippen LogP contribution in [0.2, 0.25) is 0 Å². The Morgan fingerprint density at radius 3 is 2.79 bits per heavy atom. The Morgan fingerprint density at radius 1 is 1.14 bits per heavy atom. The van der Waals surface area contributed by atoms with Crippen molar-refractivity contribution in [2.24, 2.45) is 0 Å². The number of pyridine rings is 2. The maximum Gasteiger partial charge on any atom is 0.243 e. The van der Waals surface area contributed by atoms with Gasteiger partial charge in [0.05, 0.1) is 22.3 Å². The van der Waals surface area contributed by atoms with E-state index in [4.69, 9.17) is 4.98 Å². The molecule has 8 heteroatoms. The molecule has 0 radical (unpaired) electrons. The van der Waals surface area contributed by atoms with Crippen molar-refractivity contribution in [1.29, 1.82) is 0 Å². The second kappa shape index (κ2) is 6.13. The van der Waals surface area contributed by atoms with Crippen molar-refractivity contribution >= 4 is 28.3 Å². The van der Waals surface area contributed by atoms with E-state index in [1.807, 2.05) is 55.0 Å². The molecule has 5 rings (SSSR count). The van der Waals surface area contributed by atoms with Gasteiger partial charge >= 0.3 is 0 Å². The standard InChI is InChI=1S/C20H21N7O/c1-20(28)10-12(11-20)23-19-25-18(21-2)17-13(7-9-27(17)26-19)14-5-6-15-16(24-14)4-3-8-22-15/h3-9,12,28H,10-11H2,1-2H3,(H2,21,23,25,26). The normalized spacial score (nSPS) is 21.6. The molecule has 0 spiro atoms. The zero-order valence-electron chi connectivity index (χ0n) is 15.7. The molecular weight excluding hydrogens is 354 g/mol. The smallest absolute Gasteiger partial charge is 0.243 e. The van der Waals surface area contributed by atoms with E-state index in [9.17, 15) is 5.11 Å². The minimum atomic E-state index is -0.592. The summed E-state index contributed by atoms with van der Waals surface area (Å²) >= 11 is 0. The molecule has 8 nitrogen and oxygen atoms in total. The molecule has 0 bridgehead atoms. The average molecular weight is 375 g/mol. The van der Waals surface area contributed by atoms with Crippen molar-refractivity contribution in [1.82, 2.24) is 24.6 Å². The van der Waals surface area contributed by atoms with Gasteiger partial charge in [0.25, 0.3) is 0 Å². The van der Waals surface area contributed by atoms with Crippen LogP contribution >= 0.6 is 0 Å². The molecule has 4 aromatic heterocycles. The Bertz CT molecular complexity index is 1180. The van der Waals surface area contributed by atoms with E-state index in [1.54, 1.807) is 6.20 Å². The predicted octanol–water partition coefficient (Wildman–Crippen LogP) is 2.71. The molecule has 4 aromatic rings. The highest BCUT2D eigenvalue weighted by Crippen LogP contribution is 2.34. The zero-order chi connectivity index (χ0) is 19.3. The van der Waals surface area contributed by atoms with Crippen LogP contribution in [0.5, 0.6) is 0 Å². The number of hydrogen-bond donors (Lipinski definition) is 3.